The van der Waals surface area contributed by atoms with Crippen LogP contribution in [0, 0.1) is 0 Å². The maximum Gasteiger partial charge on any atom is 0.336 e. The van der Waals surface area contributed by atoms with Crippen molar-refractivity contribution in [2.24, 2.45) is 0 Å². The second-order valence-corrected chi connectivity index (χ2v) is 10.6. The monoisotopic (exact) mass is 574 g/mol. The summed E-state index contributed by atoms with van der Waals surface area (Å²) in [6.07, 6.45) is -1.55. The fraction of sp³-hybridized carbons (Fsp3) is 0.189. The Balaban J connectivity index is 1.54. The van der Waals surface area contributed by atoms with Gasteiger partial charge in [0, 0.05) is 25.0 Å². The van der Waals surface area contributed by atoms with Crippen molar-refractivity contribution in [3.63, 3.8) is 0 Å². The zero-order valence-electron chi connectivity index (χ0n) is 24.8. The van der Waals surface area contributed by atoms with Gasteiger partial charge in [-0.3, -0.25) is 0 Å². The van der Waals surface area contributed by atoms with E-state index in [0.29, 0.717) is 22.6 Å². The van der Waals surface area contributed by atoms with Gasteiger partial charge in [0.05, 0.1) is 5.41 Å². The van der Waals surface area contributed by atoms with Crippen molar-refractivity contribution in [3.05, 3.63) is 144 Å². The van der Waals surface area contributed by atoms with Gasteiger partial charge in [0.15, 0.2) is 0 Å². The standard InChI is InChI=1S/C37H34O6/c1-23(2)35(38)42-25(5)40-29-19-15-27(16-20-29)37(33-13-9-7-11-31(33)32-12-8-10-14-34(32)37)28-17-21-30(22-18-28)41-26(6)43-36(39)24(3)4/h7-22,25-26H,1,3H2,2,4-6H3. The molecular weight excluding hydrogens is 540 g/mol. The molecule has 0 fully saturated rings. The van der Waals surface area contributed by atoms with Gasteiger partial charge in [-0.2, -0.15) is 0 Å². The highest BCUT2D eigenvalue weighted by molar-refractivity contribution is 5.88. The second kappa shape index (κ2) is 12.0. The molecule has 4 aromatic rings. The first kappa shape index (κ1) is 29.4. The Bertz CT molecular complexity index is 1560. The first-order chi connectivity index (χ1) is 20.6. The van der Waals surface area contributed by atoms with Gasteiger partial charge in [0.2, 0.25) is 12.6 Å². The van der Waals surface area contributed by atoms with Gasteiger partial charge >= 0.3 is 11.9 Å². The van der Waals surface area contributed by atoms with E-state index < -0.39 is 29.9 Å². The zero-order valence-corrected chi connectivity index (χ0v) is 24.8. The summed E-state index contributed by atoms with van der Waals surface area (Å²) in [5.74, 6) is 0.140. The van der Waals surface area contributed by atoms with Crippen LogP contribution < -0.4 is 9.47 Å². The van der Waals surface area contributed by atoms with Crippen LogP contribution in [0.4, 0.5) is 0 Å². The minimum atomic E-state index is -0.776. The minimum absolute atomic E-state index is 0.310. The second-order valence-electron chi connectivity index (χ2n) is 10.6. The number of fused-ring (bicyclic) bond motifs is 3. The molecule has 0 saturated heterocycles. The predicted octanol–water partition coefficient (Wildman–Crippen LogP) is 7.74. The van der Waals surface area contributed by atoms with Crippen molar-refractivity contribution in [1.82, 2.24) is 0 Å². The van der Waals surface area contributed by atoms with Gasteiger partial charge in [0.25, 0.3) is 0 Å². The summed E-state index contributed by atoms with van der Waals surface area (Å²) in [6, 6.07) is 32.6. The van der Waals surface area contributed by atoms with Crippen LogP contribution in [0.3, 0.4) is 0 Å². The molecule has 2 unspecified atom stereocenters. The zero-order chi connectivity index (χ0) is 30.7. The Labute approximate surface area is 252 Å². The molecule has 0 N–H and O–H groups in total. The Hall–Kier alpha value is -5.10. The number of esters is 2. The summed E-state index contributed by atoms with van der Waals surface area (Å²) < 4.78 is 22.4. The molecule has 43 heavy (non-hydrogen) atoms. The van der Waals surface area contributed by atoms with Gasteiger partial charge in [-0.1, -0.05) is 86.0 Å². The maximum absolute atomic E-state index is 11.9. The van der Waals surface area contributed by atoms with Gasteiger partial charge in [-0.25, -0.2) is 9.59 Å². The molecule has 218 valence electrons. The lowest BCUT2D eigenvalue weighted by Gasteiger charge is -2.34. The van der Waals surface area contributed by atoms with E-state index in [1.54, 1.807) is 27.7 Å². The lowest BCUT2D eigenvalue weighted by molar-refractivity contribution is -0.157. The molecule has 5 rings (SSSR count). The van der Waals surface area contributed by atoms with Crippen LogP contribution in [0.2, 0.25) is 0 Å². The number of hydrogen-bond acceptors (Lipinski definition) is 6. The van der Waals surface area contributed by atoms with Crippen LogP contribution in [0.25, 0.3) is 11.1 Å². The third-order valence-corrected chi connectivity index (χ3v) is 7.37. The normalized spacial score (nSPS) is 14.0. The van der Waals surface area contributed by atoms with E-state index in [1.165, 1.54) is 11.1 Å². The highest BCUT2D eigenvalue weighted by Gasteiger charge is 2.45. The molecule has 6 heteroatoms. The Morgan fingerprint density at radius 3 is 1.28 bits per heavy atom. The first-order valence-corrected chi connectivity index (χ1v) is 14.1. The van der Waals surface area contributed by atoms with E-state index in [0.717, 1.165) is 22.3 Å². The molecule has 0 spiro atoms. The van der Waals surface area contributed by atoms with E-state index in [2.05, 4.69) is 61.7 Å². The average molecular weight is 575 g/mol. The SMILES string of the molecule is C=C(C)C(=O)OC(C)Oc1ccc(C2(c3ccc(OC(C)OC(=O)C(=C)C)cc3)c3ccccc3-c3ccccc32)cc1. The van der Waals surface area contributed by atoms with Crippen LogP contribution >= 0.6 is 0 Å². The molecule has 0 aliphatic heterocycles. The van der Waals surface area contributed by atoms with Crippen molar-refractivity contribution in [1.29, 1.82) is 0 Å². The molecule has 4 aromatic carbocycles. The Morgan fingerprint density at radius 1 is 0.581 bits per heavy atom. The molecule has 0 amide bonds. The summed E-state index contributed by atoms with van der Waals surface area (Å²) in [5, 5.41) is 0. The summed E-state index contributed by atoms with van der Waals surface area (Å²) in [7, 11) is 0. The number of hydrogen-bond donors (Lipinski definition) is 0. The van der Waals surface area contributed by atoms with Crippen molar-refractivity contribution in [2.45, 2.75) is 45.7 Å². The smallest absolute Gasteiger partial charge is 0.336 e. The largest absolute Gasteiger partial charge is 0.455 e. The Kier molecular flexibility index (Phi) is 8.22. The Morgan fingerprint density at radius 2 is 0.930 bits per heavy atom. The number of ether oxygens (including phenoxy) is 4. The molecule has 0 heterocycles. The predicted molar refractivity (Wildman–Crippen MR) is 166 cm³/mol. The summed E-state index contributed by atoms with van der Waals surface area (Å²) in [5.41, 5.74) is 6.73. The molecule has 6 nitrogen and oxygen atoms in total. The minimum Gasteiger partial charge on any atom is -0.455 e. The van der Waals surface area contributed by atoms with Gasteiger partial charge < -0.3 is 18.9 Å². The van der Waals surface area contributed by atoms with Crippen LogP contribution in [0.15, 0.2) is 121 Å². The van der Waals surface area contributed by atoms with Gasteiger partial charge in [-0.15, -0.1) is 0 Å². The van der Waals surface area contributed by atoms with Crippen molar-refractivity contribution >= 4 is 11.9 Å². The molecule has 0 bridgehead atoms. The van der Waals surface area contributed by atoms with E-state index in [4.69, 9.17) is 18.9 Å². The quantitative estimate of drug-likeness (QED) is 0.0966. The fourth-order valence-electron chi connectivity index (χ4n) is 5.52. The van der Waals surface area contributed by atoms with Crippen LogP contribution in [0.5, 0.6) is 11.5 Å². The van der Waals surface area contributed by atoms with E-state index in [-0.39, 0.29) is 0 Å². The molecule has 0 radical (unpaired) electrons. The number of rotatable bonds is 10. The lowest BCUT2D eigenvalue weighted by atomic mass is 9.68. The molecule has 1 aliphatic carbocycles. The molecule has 1 aliphatic rings. The topological polar surface area (TPSA) is 71.1 Å². The van der Waals surface area contributed by atoms with E-state index in [1.807, 2.05) is 48.5 Å². The molecule has 2 atom stereocenters. The van der Waals surface area contributed by atoms with E-state index in [9.17, 15) is 9.59 Å². The fourth-order valence-corrected chi connectivity index (χ4v) is 5.52. The van der Waals surface area contributed by atoms with Crippen LogP contribution in [-0.4, -0.2) is 24.5 Å². The highest BCUT2D eigenvalue weighted by atomic mass is 16.7. The highest BCUT2D eigenvalue weighted by Crippen LogP contribution is 2.56. The first-order valence-electron chi connectivity index (χ1n) is 14.1. The lowest BCUT2D eigenvalue weighted by Crippen LogP contribution is -2.28. The molecular formula is C37H34O6. The van der Waals surface area contributed by atoms with Crippen LogP contribution in [0.1, 0.15) is 49.9 Å². The summed E-state index contributed by atoms with van der Waals surface area (Å²) in [4.78, 5) is 23.9. The summed E-state index contributed by atoms with van der Waals surface area (Å²) >= 11 is 0. The van der Waals surface area contributed by atoms with Gasteiger partial charge in [0.1, 0.15) is 11.5 Å². The molecule has 0 saturated carbocycles. The van der Waals surface area contributed by atoms with Crippen molar-refractivity contribution in [3.8, 4) is 22.6 Å². The summed E-state index contributed by atoms with van der Waals surface area (Å²) in [6.45, 7) is 13.8. The van der Waals surface area contributed by atoms with E-state index >= 15 is 0 Å². The van der Waals surface area contributed by atoms with Crippen molar-refractivity contribution < 1.29 is 28.5 Å². The third kappa shape index (κ3) is 5.69. The maximum atomic E-state index is 11.9. The van der Waals surface area contributed by atoms with Crippen molar-refractivity contribution in [2.75, 3.05) is 0 Å². The number of benzene rings is 4. The van der Waals surface area contributed by atoms with Gasteiger partial charge in [-0.05, 0) is 71.5 Å². The number of carbonyl (C=O) groups is 2. The third-order valence-electron chi connectivity index (χ3n) is 7.37. The number of carbonyl (C=O) groups excluding carboxylic acids is 2. The molecule has 0 aromatic heterocycles. The van der Waals surface area contributed by atoms with Crippen LogP contribution in [-0.2, 0) is 24.5 Å². The average Bonchev–Trinajstić information content (AvgIpc) is 3.29.